The maximum absolute atomic E-state index is 4.53. The van der Waals surface area contributed by atoms with E-state index in [0.717, 1.165) is 49.5 Å². The summed E-state index contributed by atoms with van der Waals surface area (Å²) in [7, 11) is 0. The Morgan fingerprint density at radius 1 is 0.871 bits per heavy atom. The van der Waals surface area contributed by atoms with Gasteiger partial charge in [0.05, 0.1) is 0 Å². The highest BCUT2D eigenvalue weighted by Gasteiger charge is 2.21. The first-order chi connectivity index (χ1) is 15.3. The lowest BCUT2D eigenvalue weighted by atomic mass is 9.95. The summed E-state index contributed by atoms with van der Waals surface area (Å²) in [5.41, 5.74) is 2.65. The first-order valence-electron chi connectivity index (χ1n) is 11.6. The molecule has 31 heavy (non-hydrogen) atoms. The number of hydrogen-bond donors (Lipinski definition) is 1. The van der Waals surface area contributed by atoms with Crippen LogP contribution in [0.2, 0.25) is 0 Å². The van der Waals surface area contributed by atoms with Gasteiger partial charge in [-0.1, -0.05) is 60.9 Å². The van der Waals surface area contributed by atoms with E-state index in [9.17, 15) is 0 Å². The second-order valence-corrected chi connectivity index (χ2v) is 9.64. The van der Waals surface area contributed by atoms with E-state index in [-0.39, 0.29) is 0 Å². The Morgan fingerprint density at radius 3 is 2.45 bits per heavy atom. The molecule has 1 saturated carbocycles. The average Bonchev–Trinajstić information content (AvgIpc) is 3.49. The SMILES string of the molecule is c1ccc(CN2CCN(c3nnc(-n4cccc4CNC4CCCCC4)s3)CC2)cc1. The van der Waals surface area contributed by atoms with Crippen molar-refractivity contribution in [2.75, 3.05) is 31.1 Å². The highest BCUT2D eigenvalue weighted by Crippen LogP contribution is 2.26. The number of nitrogens with one attached hydrogen (secondary N) is 1. The molecule has 2 aromatic heterocycles. The number of rotatable bonds is 7. The zero-order chi connectivity index (χ0) is 20.9. The van der Waals surface area contributed by atoms with Crippen LogP contribution in [0.25, 0.3) is 5.13 Å². The zero-order valence-corrected chi connectivity index (χ0v) is 18.9. The first-order valence-corrected chi connectivity index (χ1v) is 12.4. The van der Waals surface area contributed by atoms with E-state index >= 15 is 0 Å². The summed E-state index contributed by atoms with van der Waals surface area (Å²) in [6.07, 6.45) is 8.83. The molecule has 7 heteroatoms. The van der Waals surface area contributed by atoms with Crippen molar-refractivity contribution in [1.29, 1.82) is 0 Å². The van der Waals surface area contributed by atoms with Crippen molar-refractivity contribution in [3.8, 4) is 5.13 Å². The van der Waals surface area contributed by atoms with Crippen LogP contribution in [-0.4, -0.2) is 51.9 Å². The van der Waals surface area contributed by atoms with Crippen LogP contribution >= 0.6 is 11.3 Å². The molecular weight excluding hydrogens is 404 g/mol. The number of anilines is 1. The van der Waals surface area contributed by atoms with Gasteiger partial charge in [-0.25, -0.2) is 0 Å². The van der Waals surface area contributed by atoms with Gasteiger partial charge >= 0.3 is 0 Å². The van der Waals surface area contributed by atoms with E-state index in [4.69, 9.17) is 0 Å². The molecule has 5 rings (SSSR count). The predicted molar refractivity (Wildman–Crippen MR) is 127 cm³/mol. The molecule has 6 nitrogen and oxygen atoms in total. The standard InChI is InChI=1S/C24H32N6S/c1-3-8-20(9-4-1)19-28-14-16-29(17-15-28)23-26-27-24(31-23)30-13-7-12-22(30)18-25-21-10-5-2-6-11-21/h1,3-4,7-9,12-13,21,25H,2,5-6,10-11,14-19H2. The molecule has 3 heterocycles. The molecule has 0 spiro atoms. The molecule has 0 unspecified atom stereocenters. The fraction of sp³-hybridized carbons (Fsp3) is 0.500. The van der Waals surface area contributed by atoms with E-state index in [1.54, 1.807) is 11.3 Å². The zero-order valence-electron chi connectivity index (χ0n) is 18.1. The van der Waals surface area contributed by atoms with Crippen LogP contribution in [0.3, 0.4) is 0 Å². The minimum Gasteiger partial charge on any atom is -0.344 e. The smallest absolute Gasteiger partial charge is 0.218 e. The van der Waals surface area contributed by atoms with E-state index in [2.05, 4.69) is 78.5 Å². The van der Waals surface area contributed by atoms with E-state index < -0.39 is 0 Å². The van der Waals surface area contributed by atoms with Gasteiger partial charge in [0.1, 0.15) is 0 Å². The molecule has 3 aromatic rings. The highest BCUT2D eigenvalue weighted by atomic mass is 32.1. The van der Waals surface area contributed by atoms with Crippen molar-refractivity contribution in [3.05, 3.63) is 59.9 Å². The third-order valence-electron chi connectivity index (χ3n) is 6.51. The summed E-state index contributed by atoms with van der Waals surface area (Å²) in [5, 5.41) is 14.8. The largest absolute Gasteiger partial charge is 0.344 e. The Bertz CT molecular complexity index is 938. The van der Waals surface area contributed by atoms with Gasteiger partial charge in [-0.2, -0.15) is 0 Å². The Hall–Kier alpha value is -2.22. The third kappa shape index (κ3) is 5.17. The average molecular weight is 437 g/mol. The summed E-state index contributed by atoms with van der Waals surface area (Å²) >= 11 is 1.70. The summed E-state index contributed by atoms with van der Waals surface area (Å²) < 4.78 is 2.20. The molecule has 0 amide bonds. The Kier molecular flexibility index (Phi) is 6.62. The third-order valence-corrected chi connectivity index (χ3v) is 7.50. The lowest BCUT2D eigenvalue weighted by molar-refractivity contribution is 0.249. The quantitative estimate of drug-likeness (QED) is 0.605. The summed E-state index contributed by atoms with van der Waals surface area (Å²) in [6, 6.07) is 15.7. The van der Waals surface area contributed by atoms with Crippen LogP contribution in [0.1, 0.15) is 43.4 Å². The monoisotopic (exact) mass is 436 g/mol. The fourth-order valence-corrected chi connectivity index (χ4v) is 5.59. The maximum atomic E-state index is 4.53. The topological polar surface area (TPSA) is 49.2 Å². The Balaban J connectivity index is 1.17. The van der Waals surface area contributed by atoms with Gasteiger partial charge in [0.2, 0.25) is 10.3 Å². The minimum atomic E-state index is 0.661. The lowest BCUT2D eigenvalue weighted by Gasteiger charge is -2.34. The molecular formula is C24H32N6S. The molecule has 2 aliphatic rings. The number of benzene rings is 1. The lowest BCUT2D eigenvalue weighted by Crippen LogP contribution is -2.45. The van der Waals surface area contributed by atoms with Gasteiger partial charge in [0, 0.05) is 57.2 Å². The normalized spacial score (nSPS) is 18.5. The van der Waals surface area contributed by atoms with Crippen molar-refractivity contribution in [1.82, 2.24) is 25.0 Å². The van der Waals surface area contributed by atoms with Gasteiger partial charge in [0.15, 0.2) is 0 Å². The van der Waals surface area contributed by atoms with E-state index in [1.165, 1.54) is 43.4 Å². The molecule has 0 bridgehead atoms. The van der Waals surface area contributed by atoms with Crippen LogP contribution in [0.15, 0.2) is 48.7 Å². The fourth-order valence-electron chi connectivity index (χ4n) is 4.67. The van der Waals surface area contributed by atoms with E-state index in [0.29, 0.717) is 6.04 Å². The number of hydrogen-bond acceptors (Lipinski definition) is 6. The maximum Gasteiger partial charge on any atom is 0.218 e. The molecule has 0 atom stereocenters. The summed E-state index contributed by atoms with van der Waals surface area (Å²) in [4.78, 5) is 4.90. The van der Waals surface area contributed by atoms with Crippen molar-refractivity contribution in [2.45, 2.75) is 51.2 Å². The summed E-state index contributed by atoms with van der Waals surface area (Å²) in [5.74, 6) is 0. The molecule has 2 fully saturated rings. The number of nitrogens with zero attached hydrogens (tertiary/aromatic N) is 5. The molecule has 164 valence electrons. The predicted octanol–water partition coefficient (Wildman–Crippen LogP) is 4.07. The Labute approximate surface area is 188 Å². The van der Waals surface area contributed by atoms with Gasteiger partial charge in [-0.15, -0.1) is 10.2 Å². The van der Waals surface area contributed by atoms with Gasteiger partial charge in [-0.05, 0) is 30.5 Å². The van der Waals surface area contributed by atoms with Crippen LogP contribution in [-0.2, 0) is 13.1 Å². The van der Waals surface area contributed by atoms with Crippen molar-refractivity contribution in [3.63, 3.8) is 0 Å². The molecule has 1 aromatic carbocycles. The van der Waals surface area contributed by atoms with Gasteiger partial charge < -0.3 is 10.2 Å². The highest BCUT2D eigenvalue weighted by molar-refractivity contribution is 7.17. The minimum absolute atomic E-state index is 0.661. The van der Waals surface area contributed by atoms with Gasteiger partial charge in [-0.3, -0.25) is 9.47 Å². The second-order valence-electron chi connectivity index (χ2n) is 8.70. The van der Waals surface area contributed by atoms with Crippen LogP contribution in [0, 0.1) is 0 Å². The molecule has 1 aliphatic heterocycles. The number of piperazine rings is 1. The van der Waals surface area contributed by atoms with Crippen molar-refractivity contribution < 1.29 is 0 Å². The summed E-state index contributed by atoms with van der Waals surface area (Å²) in [6.45, 7) is 6.04. The number of aromatic nitrogens is 3. The molecule has 0 radical (unpaired) electrons. The van der Waals surface area contributed by atoms with Gasteiger partial charge in [0.25, 0.3) is 0 Å². The molecule has 1 aliphatic carbocycles. The van der Waals surface area contributed by atoms with E-state index in [1.807, 2.05) is 0 Å². The van der Waals surface area contributed by atoms with Crippen LogP contribution in [0.5, 0.6) is 0 Å². The van der Waals surface area contributed by atoms with Crippen molar-refractivity contribution >= 4 is 16.5 Å². The second kappa shape index (κ2) is 9.94. The first kappa shape index (κ1) is 20.7. The molecule has 1 saturated heterocycles. The van der Waals surface area contributed by atoms with Crippen molar-refractivity contribution in [2.24, 2.45) is 0 Å². The van der Waals surface area contributed by atoms with Crippen LogP contribution in [0.4, 0.5) is 5.13 Å². The molecule has 1 N–H and O–H groups in total. The van der Waals surface area contributed by atoms with Crippen LogP contribution < -0.4 is 10.2 Å². The Morgan fingerprint density at radius 2 is 1.65 bits per heavy atom.